The van der Waals surface area contributed by atoms with Crippen molar-refractivity contribution in [2.24, 2.45) is 0 Å². The maximum atomic E-state index is 12.5. The van der Waals surface area contributed by atoms with Crippen LogP contribution in [0.2, 0.25) is 0 Å². The van der Waals surface area contributed by atoms with E-state index in [9.17, 15) is 9.59 Å². The van der Waals surface area contributed by atoms with E-state index in [0.29, 0.717) is 5.76 Å². The number of rotatable bonds is 7. The van der Waals surface area contributed by atoms with Crippen LogP contribution in [0.5, 0.6) is 5.75 Å². The van der Waals surface area contributed by atoms with Gasteiger partial charge >= 0.3 is 0 Å². The highest BCUT2D eigenvalue weighted by atomic mass is 16.5. The Morgan fingerprint density at radius 1 is 1.19 bits per heavy atom. The van der Waals surface area contributed by atoms with Gasteiger partial charge in [-0.1, -0.05) is 12.1 Å². The van der Waals surface area contributed by atoms with Gasteiger partial charge in [-0.3, -0.25) is 9.59 Å². The van der Waals surface area contributed by atoms with Gasteiger partial charge in [0.25, 0.3) is 0 Å². The Labute approximate surface area is 153 Å². The lowest BCUT2D eigenvalue weighted by Crippen LogP contribution is -2.45. The maximum Gasteiger partial charge on any atom is 0.245 e. The standard InChI is InChI=1S/C20H24N2O4/c1-14(20(24)22(3)15(2)18-6-5-13-26-18)21-19(23)12-9-16-7-10-17(25-4)11-8-16/h5-15H,1-4H3,(H,21,23). The fraction of sp³-hybridized carbons (Fsp3) is 0.300. The van der Waals surface area contributed by atoms with Crippen molar-refractivity contribution in [2.75, 3.05) is 14.2 Å². The monoisotopic (exact) mass is 356 g/mol. The summed E-state index contributed by atoms with van der Waals surface area (Å²) in [4.78, 5) is 26.1. The van der Waals surface area contributed by atoms with Gasteiger partial charge in [0.15, 0.2) is 0 Å². The second kappa shape index (κ2) is 8.89. The quantitative estimate of drug-likeness (QED) is 0.774. The molecule has 6 heteroatoms. The molecule has 0 aliphatic rings. The summed E-state index contributed by atoms with van der Waals surface area (Å²) in [5.74, 6) is 0.916. The summed E-state index contributed by atoms with van der Waals surface area (Å²) in [6.45, 7) is 3.53. The molecule has 0 saturated heterocycles. The number of amides is 2. The second-order valence-corrected chi connectivity index (χ2v) is 5.98. The molecular weight excluding hydrogens is 332 g/mol. The normalized spacial score (nSPS) is 13.2. The van der Waals surface area contributed by atoms with Crippen LogP contribution in [0.3, 0.4) is 0 Å². The number of nitrogens with zero attached hydrogens (tertiary/aromatic N) is 1. The highest BCUT2D eigenvalue weighted by Crippen LogP contribution is 2.19. The summed E-state index contributed by atoms with van der Waals surface area (Å²) >= 11 is 0. The third-order valence-corrected chi connectivity index (χ3v) is 4.16. The minimum atomic E-state index is -0.648. The van der Waals surface area contributed by atoms with Crippen molar-refractivity contribution in [3.63, 3.8) is 0 Å². The molecule has 0 fully saturated rings. The smallest absolute Gasteiger partial charge is 0.245 e. The highest BCUT2D eigenvalue weighted by molar-refractivity contribution is 5.95. The minimum Gasteiger partial charge on any atom is -0.497 e. The lowest BCUT2D eigenvalue weighted by Gasteiger charge is -2.26. The number of benzene rings is 1. The lowest BCUT2D eigenvalue weighted by molar-refractivity contribution is -0.136. The van der Waals surface area contributed by atoms with Crippen molar-refractivity contribution in [1.29, 1.82) is 0 Å². The van der Waals surface area contributed by atoms with Crippen LogP contribution in [0, 0.1) is 0 Å². The van der Waals surface area contributed by atoms with Crippen molar-refractivity contribution in [2.45, 2.75) is 25.9 Å². The van der Waals surface area contributed by atoms with Gasteiger partial charge in [0.2, 0.25) is 11.8 Å². The summed E-state index contributed by atoms with van der Waals surface area (Å²) in [5, 5.41) is 2.68. The molecule has 26 heavy (non-hydrogen) atoms. The molecule has 1 N–H and O–H groups in total. The third kappa shape index (κ3) is 4.99. The fourth-order valence-electron chi connectivity index (χ4n) is 2.43. The van der Waals surface area contributed by atoms with Crippen molar-refractivity contribution >= 4 is 17.9 Å². The first-order chi connectivity index (χ1) is 12.4. The SMILES string of the molecule is COc1ccc(C=CC(=O)NC(C)C(=O)N(C)C(C)c2ccco2)cc1. The van der Waals surface area contributed by atoms with Crippen LogP contribution < -0.4 is 10.1 Å². The molecule has 2 unspecified atom stereocenters. The number of likely N-dealkylation sites (N-methyl/N-ethyl adjacent to an activating group) is 1. The van der Waals surface area contributed by atoms with E-state index in [2.05, 4.69) is 5.32 Å². The van der Waals surface area contributed by atoms with E-state index in [0.717, 1.165) is 11.3 Å². The van der Waals surface area contributed by atoms with Gasteiger partial charge in [0, 0.05) is 13.1 Å². The number of carbonyl (C=O) groups is 2. The van der Waals surface area contributed by atoms with E-state index in [1.165, 1.54) is 6.08 Å². The topological polar surface area (TPSA) is 71.8 Å². The Morgan fingerprint density at radius 2 is 1.88 bits per heavy atom. The van der Waals surface area contributed by atoms with Crippen LogP contribution in [0.4, 0.5) is 0 Å². The fourth-order valence-corrected chi connectivity index (χ4v) is 2.43. The van der Waals surface area contributed by atoms with Gasteiger partial charge in [-0.25, -0.2) is 0 Å². The largest absolute Gasteiger partial charge is 0.497 e. The minimum absolute atomic E-state index is 0.194. The van der Waals surface area contributed by atoms with Gasteiger partial charge in [-0.05, 0) is 49.8 Å². The Balaban J connectivity index is 1.90. The van der Waals surface area contributed by atoms with Crippen LogP contribution in [-0.4, -0.2) is 36.9 Å². The average molecular weight is 356 g/mol. The molecule has 0 saturated carbocycles. The van der Waals surface area contributed by atoms with Crippen molar-refractivity contribution in [3.05, 3.63) is 60.1 Å². The van der Waals surface area contributed by atoms with Crippen LogP contribution in [0.25, 0.3) is 6.08 Å². The second-order valence-electron chi connectivity index (χ2n) is 5.98. The molecular formula is C20H24N2O4. The molecule has 0 spiro atoms. The molecule has 2 rings (SSSR count). The van der Waals surface area contributed by atoms with Gasteiger partial charge in [-0.15, -0.1) is 0 Å². The zero-order valence-electron chi connectivity index (χ0n) is 15.4. The molecule has 1 aromatic carbocycles. The van der Waals surface area contributed by atoms with Crippen molar-refractivity contribution in [3.8, 4) is 5.75 Å². The van der Waals surface area contributed by atoms with E-state index >= 15 is 0 Å². The van der Waals surface area contributed by atoms with Crippen LogP contribution >= 0.6 is 0 Å². The molecule has 0 aliphatic carbocycles. The molecule has 0 radical (unpaired) electrons. The summed E-state index contributed by atoms with van der Waals surface area (Å²) in [6.07, 6.45) is 4.65. The molecule has 0 aliphatic heterocycles. The zero-order valence-corrected chi connectivity index (χ0v) is 15.4. The van der Waals surface area contributed by atoms with Gasteiger partial charge in [0.1, 0.15) is 17.6 Å². The molecule has 2 aromatic rings. The number of hydrogen-bond donors (Lipinski definition) is 1. The predicted octanol–water partition coefficient (Wildman–Crippen LogP) is 3.03. The van der Waals surface area contributed by atoms with Crippen molar-refractivity contribution in [1.82, 2.24) is 10.2 Å². The van der Waals surface area contributed by atoms with Gasteiger partial charge in [-0.2, -0.15) is 0 Å². The van der Waals surface area contributed by atoms with Gasteiger partial charge < -0.3 is 19.4 Å². The Kier molecular flexibility index (Phi) is 6.60. The Bertz CT molecular complexity index is 751. The van der Waals surface area contributed by atoms with E-state index in [4.69, 9.17) is 9.15 Å². The first-order valence-electron chi connectivity index (χ1n) is 8.35. The lowest BCUT2D eigenvalue weighted by atomic mass is 10.2. The maximum absolute atomic E-state index is 12.5. The van der Waals surface area contributed by atoms with Crippen molar-refractivity contribution < 1.29 is 18.7 Å². The summed E-state index contributed by atoms with van der Waals surface area (Å²) in [6, 6.07) is 10.0. The molecule has 2 atom stereocenters. The molecule has 6 nitrogen and oxygen atoms in total. The zero-order chi connectivity index (χ0) is 19.1. The number of hydrogen-bond acceptors (Lipinski definition) is 4. The van der Waals surface area contributed by atoms with Crippen LogP contribution in [0.1, 0.15) is 31.2 Å². The Hall–Kier alpha value is -3.02. The van der Waals surface area contributed by atoms with E-state index < -0.39 is 6.04 Å². The van der Waals surface area contributed by atoms with E-state index in [1.807, 2.05) is 37.3 Å². The van der Waals surface area contributed by atoms with Gasteiger partial charge in [0.05, 0.1) is 19.4 Å². The van der Waals surface area contributed by atoms with Crippen LogP contribution in [-0.2, 0) is 9.59 Å². The highest BCUT2D eigenvalue weighted by Gasteiger charge is 2.24. The molecule has 1 aromatic heterocycles. The number of carbonyl (C=O) groups excluding carboxylic acids is 2. The number of furan rings is 1. The predicted molar refractivity (Wildman–Crippen MR) is 99.5 cm³/mol. The molecule has 2 amide bonds. The third-order valence-electron chi connectivity index (χ3n) is 4.16. The summed E-state index contributed by atoms with van der Waals surface area (Å²) in [5.41, 5.74) is 0.864. The summed E-state index contributed by atoms with van der Waals surface area (Å²) in [7, 11) is 3.28. The first kappa shape index (κ1) is 19.3. The van der Waals surface area contributed by atoms with Crippen LogP contribution in [0.15, 0.2) is 53.2 Å². The number of ether oxygens (including phenoxy) is 1. The first-order valence-corrected chi connectivity index (χ1v) is 8.35. The molecule has 1 heterocycles. The summed E-state index contributed by atoms with van der Waals surface area (Å²) < 4.78 is 10.4. The molecule has 138 valence electrons. The molecule has 0 bridgehead atoms. The Morgan fingerprint density at radius 3 is 2.46 bits per heavy atom. The van der Waals surface area contributed by atoms with E-state index in [1.54, 1.807) is 44.4 Å². The average Bonchev–Trinajstić information content (AvgIpc) is 3.19. The number of methoxy groups -OCH3 is 1. The number of nitrogens with one attached hydrogen (secondary N) is 1. The van der Waals surface area contributed by atoms with E-state index in [-0.39, 0.29) is 17.9 Å².